The number of hydrogen-bond acceptors (Lipinski definition) is 4. The minimum Gasteiger partial charge on any atom is -0.258 e. The van der Waals surface area contributed by atoms with Crippen LogP contribution in [0.5, 0.6) is 0 Å². The molecule has 1 aromatic carbocycles. The number of nitro groups is 1. The summed E-state index contributed by atoms with van der Waals surface area (Å²) in [4.78, 5) is 11.3. The van der Waals surface area contributed by atoms with Crippen LogP contribution in [-0.2, 0) is 10.0 Å². The molecule has 0 N–H and O–H groups in total. The van der Waals surface area contributed by atoms with Crippen LogP contribution in [0.2, 0.25) is 0 Å². The number of hydrogen-bond donors (Lipinski definition) is 0. The fraction of sp³-hybridized carbons (Fsp3) is 0. The molecule has 1 aromatic rings. The summed E-state index contributed by atoms with van der Waals surface area (Å²) in [5, 5.41) is 10.3. The van der Waals surface area contributed by atoms with Crippen molar-refractivity contribution in [2.45, 2.75) is 4.90 Å². The maximum atomic E-state index is 11.2. The van der Waals surface area contributed by atoms with Gasteiger partial charge in [0.2, 0.25) is 0 Å². The van der Waals surface area contributed by atoms with Gasteiger partial charge in [0.25, 0.3) is 15.7 Å². The Labute approximate surface area is 84.0 Å². The average Bonchev–Trinajstić information content (AvgIpc) is 2.18. The average molecular weight is 228 g/mol. The van der Waals surface area contributed by atoms with Crippen LogP contribution in [0.15, 0.2) is 33.7 Å². The molecule has 0 fully saturated rings. The van der Waals surface area contributed by atoms with Crippen molar-refractivity contribution in [3.05, 3.63) is 44.8 Å². The molecule has 9 heteroatoms. The second-order valence-electron chi connectivity index (χ2n) is 2.40. The predicted octanol–water partition coefficient (Wildman–Crippen LogP) is 1.59. The van der Waals surface area contributed by atoms with E-state index in [-0.39, 0.29) is 5.69 Å². The van der Waals surface area contributed by atoms with Gasteiger partial charge in [0, 0.05) is 21.6 Å². The van der Waals surface area contributed by atoms with Gasteiger partial charge in [-0.25, -0.2) is 8.42 Å². The molecule has 15 heavy (non-hydrogen) atoms. The van der Waals surface area contributed by atoms with Crippen molar-refractivity contribution in [1.29, 1.82) is 0 Å². The van der Waals surface area contributed by atoms with Crippen LogP contribution in [0.4, 0.5) is 5.69 Å². The van der Waals surface area contributed by atoms with Crippen LogP contribution < -0.4 is 0 Å². The van der Waals surface area contributed by atoms with Gasteiger partial charge in [-0.2, -0.15) is 0 Å². The van der Waals surface area contributed by atoms with Crippen molar-refractivity contribution >= 4 is 15.7 Å². The van der Waals surface area contributed by atoms with E-state index in [1.54, 1.807) is 0 Å². The number of benzene rings is 1. The van der Waals surface area contributed by atoms with Crippen molar-refractivity contribution in [1.82, 2.24) is 0 Å². The minimum atomic E-state index is -4.16. The highest BCUT2D eigenvalue weighted by Crippen LogP contribution is 2.18. The van der Waals surface area contributed by atoms with Gasteiger partial charge in [-0.3, -0.25) is 10.1 Å². The molecule has 0 saturated heterocycles. The number of non-ortho nitro benzene ring substituents is 1. The second kappa shape index (κ2) is 3.95. The van der Waals surface area contributed by atoms with E-state index in [1.807, 2.05) is 0 Å². The Morgan fingerprint density at radius 2 is 2.13 bits per heavy atom. The lowest BCUT2D eigenvalue weighted by Crippen LogP contribution is -1.96. The number of rotatable bonds is 3. The van der Waals surface area contributed by atoms with Crippen LogP contribution in [0.1, 0.15) is 0 Å². The topological polar surface area (TPSA) is 126 Å². The van der Waals surface area contributed by atoms with Gasteiger partial charge in [-0.15, -0.1) is 0 Å². The van der Waals surface area contributed by atoms with Gasteiger partial charge in [-0.05, 0) is 11.6 Å². The zero-order valence-corrected chi connectivity index (χ0v) is 7.96. The number of nitro benzene ring substituents is 1. The van der Waals surface area contributed by atoms with Gasteiger partial charge in [0.1, 0.15) is 0 Å². The SMILES string of the molecule is [N-]=[N+]=NS(=O)(=O)c1cccc([N+](=O)[O-])c1. The lowest BCUT2D eigenvalue weighted by atomic mass is 10.3. The molecule has 0 aliphatic rings. The quantitative estimate of drug-likeness (QED) is 0.256. The molecule has 0 unspecified atom stereocenters. The van der Waals surface area contributed by atoms with Crippen molar-refractivity contribution < 1.29 is 13.3 Å². The summed E-state index contributed by atoms with van der Waals surface area (Å²) in [5.41, 5.74) is 7.60. The lowest BCUT2D eigenvalue weighted by Gasteiger charge is -1.96. The fourth-order valence-electron chi connectivity index (χ4n) is 0.853. The first-order valence-corrected chi connectivity index (χ1v) is 4.97. The molecular weight excluding hydrogens is 224 g/mol. The Kier molecular flexibility index (Phi) is 2.88. The highest BCUT2D eigenvalue weighted by Gasteiger charge is 2.15. The maximum Gasteiger partial charge on any atom is 0.270 e. The monoisotopic (exact) mass is 228 g/mol. The second-order valence-corrected chi connectivity index (χ2v) is 3.99. The molecule has 0 amide bonds. The van der Waals surface area contributed by atoms with Gasteiger partial charge < -0.3 is 0 Å². The van der Waals surface area contributed by atoms with Crippen molar-refractivity contribution in [2.75, 3.05) is 0 Å². The Bertz CT molecular complexity index is 546. The van der Waals surface area contributed by atoms with Gasteiger partial charge >= 0.3 is 0 Å². The van der Waals surface area contributed by atoms with Crippen LogP contribution in [0.25, 0.3) is 10.4 Å². The van der Waals surface area contributed by atoms with Gasteiger partial charge in [-0.1, -0.05) is 6.07 Å². The predicted molar refractivity (Wildman–Crippen MR) is 49.4 cm³/mol. The molecule has 0 bridgehead atoms. The summed E-state index contributed by atoms with van der Waals surface area (Å²) in [6.07, 6.45) is 0. The van der Waals surface area contributed by atoms with E-state index in [9.17, 15) is 18.5 Å². The van der Waals surface area contributed by atoms with E-state index < -0.39 is 19.8 Å². The summed E-state index contributed by atoms with van der Waals surface area (Å²) in [7, 11) is -4.16. The van der Waals surface area contributed by atoms with E-state index in [4.69, 9.17) is 5.53 Å². The smallest absolute Gasteiger partial charge is 0.258 e. The first kappa shape index (κ1) is 11.0. The Balaban J connectivity index is 3.34. The molecule has 8 nitrogen and oxygen atoms in total. The number of azide groups is 1. The summed E-state index contributed by atoms with van der Waals surface area (Å²) >= 11 is 0. The Morgan fingerprint density at radius 3 is 2.67 bits per heavy atom. The highest BCUT2D eigenvalue weighted by atomic mass is 32.2. The highest BCUT2D eigenvalue weighted by molar-refractivity contribution is 7.90. The Morgan fingerprint density at radius 1 is 1.47 bits per heavy atom. The molecule has 0 saturated carbocycles. The molecule has 0 radical (unpaired) electrons. The fourth-order valence-corrected chi connectivity index (χ4v) is 1.56. The number of nitrogens with zero attached hydrogens (tertiary/aromatic N) is 4. The van der Waals surface area contributed by atoms with E-state index in [2.05, 4.69) is 9.43 Å². The molecule has 0 atom stereocenters. The third kappa shape index (κ3) is 2.42. The summed E-state index contributed by atoms with van der Waals surface area (Å²) in [6.45, 7) is 0. The van der Waals surface area contributed by atoms with Crippen LogP contribution in [-0.4, -0.2) is 13.3 Å². The molecule has 78 valence electrons. The van der Waals surface area contributed by atoms with Gasteiger partial charge in [0.05, 0.1) is 9.82 Å². The molecular formula is C6H4N4O4S. The zero-order valence-electron chi connectivity index (χ0n) is 7.14. The summed E-state index contributed by atoms with van der Waals surface area (Å²) in [5.74, 6) is 0. The first-order chi connectivity index (χ1) is 6.97. The largest absolute Gasteiger partial charge is 0.270 e. The molecule has 0 spiro atoms. The van der Waals surface area contributed by atoms with Crippen LogP contribution in [0.3, 0.4) is 0 Å². The van der Waals surface area contributed by atoms with E-state index in [0.29, 0.717) is 0 Å². The minimum absolute atomic E-state index is 0.385. The Hall–Kier alpha value is -2.12. The van der Waals surface area contributed by atoms with Gasteiger partial charge in [0.15, 0.2) is 0 Å². The van der Waals surface area contributed by atoms with E-state index >= 15 is 0 Å². The van der Waals surface area contributed by atoms with Crippen molar-refractivity contribution in [3.8, 4) is 0 Å². The summed E-state index contributed by atoms with van der Waals surface area (Å²) < 4.78 is 24.9. The molecule has 0 heterocycles. The zero-order chi connectivity index (χ0) is 11.5. The molecule has 0 aromatic heterocycles. The van der Waals surface area contributed by atoms with E-state index in [0.717, 1.165) is 18.2 Å². The normalized spacial score (nSPS) is 10.4. The summed E-state index contributed by atoms with van der Waals surface area (Å²) in [6, 6.07) is 4.26. The first-order valence-electron chi connectivity index (χ1n) is 3.53. The molecule has 1 rings (SSSR count). The lowest BCUT2D eigenvalue weighted by molar-refractivity contribution is -0.385. The van der Waals surface area contributed by atoms with Crippen LogP contribution in [0, 0.1) is 10.1 Å². The third-order valence-electron chi connectivity index (χ3n) is 1.47. The van der Waals surface area contributed by atoms with Crippen LogP contribution >= 0.6 is 0 Å². The third-order valence-corrected chi connectivity index (χ3v) is 2.61. The standard InChI is InChI=1S/C6H4N4O4S/c7-8-9-15(13,14)6-3-1-2-5(4-6)10(11)12/h1-4H. The van der Waals surface area contributed by atoms with Crippen molar-refractivity contribution in [3.63, 3.8) is 0 Å². The molecule has 0 aliphatic carbocycles. The molecule has 0 aliphatic heterocycles. The van der Waals surface area contributed by atoms with E-state index in [1.165, 1.54) is 6.07 Å². The maximum absolute atomic E-state index is 11.2. The number of sulfonamides is 1. The van der Waals surface area contributed by atoms with Crippen molar-refractivity contribution in [2.24, 2.45) is 4.52 Å².